The molecule has 0 saturated heterocycles. The maximum Gasteiger partial charge on any atom is 0.128 e. The number of nitrogens with one attached hydrogen (secondary N) is 1. The lowest BCUT2D eigenvalue weighted by Gasteiger charge is -2.07. The van der Waals surface area contributed by atoms with Gasteiger partial charge in [0.25, 0.3) is 0 Å². The summed E-state index contributed by atoms with van der Waals surface area (Å²) in [5.41, 5.74) is 0.985. The molecule has 2 aromatic rings. The molecule has 0 aliphatic heterocycles. The minimum atomic E-state index is -0.322. The molecule has 0 unspecified atom stereocenters. The number of rotatable bonds is 6. The molecule has 1 aromatic heterocycles. The highest BCUT2D eigenvalue weighted by atomic mass is 79.9. The van der Waals surface area contributed by atoms with Crippen molar-refractivity contribution >= 4 is 15.9 Å². The van der Waals surface area contributed by atoms with Crippen LogP contribution in [-0.2, 0) is 13.2 Å². The summed E-state index contributed by atoms with van der Waals surface area (Å²) < 4.78 is 25.0. The van der Waals surface area contributed by atoms with E-state index in [2.05, 4.69) is 21.2 Å². The van der Waals surface area contributed by atoms with Gasteiger partial charge in [-0.3, -0.25) is 0 Å². The summed E-state index contributed by atoms with van der Waals surface area (Å²) in [6.07, 6.45) is 4.14. The number of ether oxygens (including phenoxy) is 1. The highest BCUT2D eigenvalue weighted by Gasteiger charge is 2.21. The molecule has 0 amide bonds. The van der Waals surface area contributed by atoms with E-state index in [4.69, 9.17) is 9.15 Å². The molecular formula is C15H15BrFNO2. The average molecular weight is 340 g/mol. The van der Waals surface area contributed by atoms with Crippen LogP contribution in [0.1, 0.15) is 24.2 Å². The zero-order valence-corrected chi connectivity index (χ0v) is 12.5. The fraction of sp³-hybridized carbons (Fsp3) is 0.333. The van der Waals surface area contributed by atoms with E-state index < -0.39 is 0 Å². The quantitative estimate of drug-likeness (QED) is 0.863. The lowest BCUT2D eigenvalue weighted by molar-refractivity contribution is 0.299. The molecule has 0 radical (unpaired) electrons. The van der Waals surface area contributed by atoms with Crippen LogP contribution in [0.25, 0.3) is 0 Å². The van der Waals surface area contributed by atoms with Crippen molar-refractivity contribution in [3.63, 3.8) is 0 Å². The molecule has 1 heterocycles. The maximum atomic E-state index is 13.3. The molecule has 1 fully saturated rings. The summed E-state index contributed by atoms with van der Waals surface area (Å²) >= 11 is 3.25. The Morgan fingerprint density at radius 1 is 1.35 bits per heavy atom. The van der Waals surface area contributed by atoms with Crippen LogP contribution < -0.4 is 10.1 Å². The smallest absolute Gasteiger partial charge is 0.128 e. The molecule has 0 bridgehead atoms. The standard InChI is InChI=1S/C15H15BrFNO2/c16-11-5-12(17)7-14(6-11)20-9-10-3-4-19-15(10)8-18-13-1-2-13/h3-7,13,18H,1-2,8-9H2. The Morgan fingerprint density at radius 2 is 2.20 bits per heavy atom. The monoisotopic (exact) mass is 339 g/mol. The third-order valence-electron chi connectivity index (χ3n) is 3.20. The predicted molar refractivity (Wildman–Crippen MR) is 77.0 cm³/mol. The van der Waals surface area contributed by atoms with E-state index in [1.54, 1.807) is 12.3 Å². The topological polar surface area (TPSA) is 34.4 Å². The molecule has 1 aromatic carbocycles. The summed E-state index contributed by atoms with van der Waals surface area (Å²) in [6, 6.07) is 7.03. The first kappa shape index (κ1) is 13.6. The molecule has 3 nitrogen and oxygen atoms in total. The lowest BCUT2D eigenvalue weighted by Crippen LogP contribution is -2.16. The van der Waals surface area contributed by atoms with Gasteiger partial charge < -0.3 is 14.5 Å². The van der Waals surface area contributed by atoms with E-state index in [-0.39, 0.29) is 5.82 Å². The van der Waals surface area contributed by atoms with Gasteiger partial charge in [0.1, 0.15) is 23.9 Å². The maximum absolute atomic E-state index is 13.3. The second kappa shape index (κ2) is 5.97. The van der Waals surface area contributed by atoms with Crippen molar-refractivity contribution in [1.82, 2.24) is 5.32 Å². The Morgan fingerprint density at radius 3 is 2.95 bits per heavy atom. The van der Waals surface area contributed by atoms with Crippen LogP contribution in [0.2, 0.25) is 0 Å². The molecule has 0 atom stereocenters. The Hall–Kier alpha value is -1.33. The van der Waals surface area contributed by atoms with Gasteiger partial charge >= 0.3 is 0 Å². The largest absolute Gasteiger partial charge is 0.489 e. The number of halogens is 2. The van der Waals surface area contributed by atoms with Crippen molar-refractivity contribution in [3.8, 4) is 5.75 Å². The van der Waals surface area contributed by atoms with Crippen molar-refractivity contribution in [2.75, 3.05) is 0 Å². The van der Waals surface area contributed by atoms with Gasteiger partial charge in [0.05, 0.1) is 12.8 Å². The highest BCUT2D eigenvalue weighted by molar-refractivity contribution is 9.10. The predicted octanol–water partition coefficient (Wildman–Crippen LogP) is 4.01. The SMILES string of the molecule is Fc1cc(Br)cc(OCc2ccoc2CNC2CC2)c1. The highest BCUT2D eigenvalue weighted by Crippen LogP contribution is 2.23. The van der Waals surface area contributed by atoms with E-state index in [1.165, 1.54) is 25.0 Å². The zero-order valence-electron chi connectivity index (χ0n) is 10.9. The molecule has 0 spiro atoms. The third kappa shape index (κ3) is 3.61. The molecular weight excluding hydrogens is 325 g/mol. The number of benzene rings is 1. The molecule has 106 valence electrons. The Bertz CT molecular complexity index is 575. The van der Waals surface area contributed by atoms with Crippen LogP contribution >= 0.6 is 15.9 Å². The van der Waals surface area contributed by atoms with Gasteiger partial charge in [-0.15, -0.1) is 0 Å². The summed E-state index contributed by atoms with van der Waals surface area (Å²) in [5, 5.41) is 3.40. The number of furan rings is 1. The van der Waals surface area contributed by atoms with E-state index in [0.29, 0.717) is 29.4 Å². The van der Waals surface area contributed by atoms with Crippen molar-refractivity contribution in [2.24, 2.45) is 0 Å². The first-order valence-electron chi connectivity index (χ1n) is 6.58. The Labute approximate surface area is 125 Å². The van der Waals surface area contributed by atoms with Gasteiger partial charge in [-0.05, 0) is 31.0 Å². The molecule has 3 rings (SSSR count). The summed E-state index contributed by atoms with van der Waals surface area (Å²) in [5.74, 6) is 1.06. The van der Waals surface area contributed by atoms with Crippen LogP contribution in [0.5, 0.6) is 5.75 Å². The third-order valence-corrected chi connectivity index (χ3v) is 3.65. The first-order valence-corrected chi connectivity index (χ1v) is 7.37. The first-order chi connectivity index (χ1) is 9.70. The van der Waals surface area contributed by atoms with Crippen molar-refractivity contribution < 1.29 is 13.5 Å². The normalized spacial score (nSPS) is 14.5. The van der Waals surface area contributed by atoms with E-state index >= 15 is 0 Å². The van der Waals surface area contributed by atoms with Gasteiger partial charge in [-0.1, -0.05) is 15.9 Å². The van der Waals surface area contributed by atoms with Crippen LogP contribution in [0, 0.1) is 5.82 Å². The molecule has 1 N–H and O–H groups in total. The van der Waals surface area contributed by atoms with Gasteiger partial charge in [0.2, 0.25) is 0 Å². The summed E-state index contributed by atoms with van der Waals surface area (Å²) in [4.78, 5) is 0. The zero-order chi connectivity index (χ0) is 13.9. The number of hydrogen-bond acceptors (Lipinski definition) is 3. The van der Waals surface area contributed by atoms with Crippen LogP contribution in [0.3, 0.4) is 0 Å². The minimum Gasteiger partial charge on any atom is -0.489 e. The Kier molecular flexibility index (Phi) is 4.08. The van der Waals surface area contributed by atoms with Crippen molar-refractivity contribution in [3.05, 3.63) is 52.1 Å². The molecule has 1 aliphatic carbocycles. The van der Waals surface area contributed by atoms with E-state index in [9.17, 15) is 4.39 Å². The molecule has 1 saturated carbocycles. The fourth-order valence-corrected chi connectivity index (χ4v) is 2.39. The summed E-state index contributed by atoms with van der Waals surface area (Å²) in [7, 11) is 0. The average Bonchev–Trinajstić information content (AvgIpc) is 3.12. The Balaban J connectivity index is 1.61. The van der Waals surface area contributed by atoms with Gasteiger partial charge in [0.15, 0.2) is 0 Å². The summed E-state index contributed by atoms with van der Waals surface area (Å²) in [6.45, 7) is 1.08. The molecule has 5 heteroatoms. The van der Waals surface area contributed by atoms with Gasteiger partial charge in [-0.2, -0.15) is 0 Å². The van der Waals surface area contributed by atoms with Crippen LogP contribution in [-0.4, -0.2) is 6.04 Å². The second-order valence-corrected chi connectivity index (χ2v) is 5.83. The molecule has 20 heavy (non-hydrogen) atoms. The van der Waals surface area contributed by atoms with E-state index in [0.717, 1.165) is 11.3 Å². The van der Waals surface area contributed by atoms with Crippen molar-refractivity contribution in [1.29, 1.82) is 0 Å². The van der Waals surface area contributed by atoms with Gasteiger partial charge in [-0.25, -0.2) is 4.39 Å². The number of hydrogen-bond donors (Lipinski definition) is 1. The second-order valence-electron chi connectivity index (χ2n) is 4.92. The fourth-order valence-electron chi connectivity index (χ4n) is 1.95. The van der Waals surface area contributed by atoms with Crippen molar-refractivity contribution in [2.45, 2.75) is 32.0 Å². The lowest BCUT2D eigenvalue weighted by atomic mass is 10.2. The minimum absolute atomic E-state index is 0.322. The van der Waals surface area contributed by atoms with Gasteiger partial charge in [0, 0.05) is 22.1 Å². The van der Waals surface area contributed by atoms with Crippen LogP contribution in [0.4, 0.5) is 4.39 Å². The van der Waals surface area contributed by atoms with E-state index in [1.807, 2.05) is 6.07 Å². The molecule has 1 aliphatic rings. The van der Waals surface area contributed by atoms with Crippen LogP contribution in [0.15, 0.2) is 39.4 Å².